The molecule has 0 saturated heterocycles. The average Bonchev–Trinajstić information content (AvgIpc) is 2.36. The molecule has 0 amide bonds. The van der Waals surface area contributed by atoms with Crippen LogP contribution in [0.1, 0.15) is 37.6 Å². The summed E-state index contributed by atoms with van der Waals surface area (Å²) in [6.45, 7) is 6.54. The highest BCUT2D eigenvalue weighted by Gasteiger charge is 2.21. The maximum atomic E-state index is 12.1. The Morgan fingerprint density at radius 3 is 2.71 bits per heavy atom. The quantitative estimate of drug-likeness (QED) is 0.771. The molecule has 0 aromatic heterocycles. The van der Waals surface area contributed by atoms with Gasteiger partial charge in [-0.3, -0.25) is 4.79 Å². The van der Waals surface area contributed by atoms with E-state index in [2.05, 4.69) is 0 Å². The van der Waals surface area contributed by atoms with Crippen molar-refractivity contribution < 1.29 is 9.53 Å². The summed E-state index contributed by atoms with van der Waals surface area (Å²) < 4.78 is 5.37. The Bertz CT molecular complexity index is 376. The van der Waals surface area contributed by atoms with Crippen LogP contribution in [0.3, 0.4) is 0 Å². The van der Waals surface area contributed by atoms with E-state index in [4.69, 9.17) is 10.5 Å². The summed E-state index contributed by atoms with van der Waals surface area (Å²) in [6.07, 6.45) is 0.901. The average molecular weight is 235 g/mol. The molecule has 0 bridgehead atoms. The zero-order chi connectivity index (χ0) is 12.8. The van der Waals surface area contributed by atoms with Crippen molar-refractivity contribution in [1.82, 2.24) is 0 Å². The monoisotopic (exact) mass is 235 g/mol. The molecule has 2 atom stereocenters. The van der Waals surface area contributed by atoms with Crippen molar-refractivity contribution in [3.63, 3.8) is 0 Å². The first-order valence-electron chi connectivity index (χ1n) is 6.12. The van der Waals surface area contributed by atoms with Gasteiger partial charge in [0, 0.05) is 5.56 Å². The minimum atomic E-state index is -0.433. The molecular weight excluding hydrogens is 214 g/mol. The van der Waals surface area contributed by atoms with Crippen LogP contribution in [0.4, 0.5) is 0 Å². The summed E-state index contributed by atoms with van der Waals surface area (Å²) in [6, 6.07) is 6.77. The molecule has 17 heavy (non-hydrogen) atoms. The second kappa shape index (κ2) is 6.40. The number of carbonyl (C=O) groups is 1. The largest absolute Gasteiger partial charge is 0.494 e. The van der Waals surface area contributed by atoms with E-state index in [1.807, 2.05) is 32.9 Å². The lowest BCUT2D eigenvalue weighted by molar-refractivity contribution is 0.0934. The number of nitrogens with two attached hydrogens (primary N) is 1. The number of hydrogen-bond donors (Lipinski definition) is 1. The third-order valence-corrected chi connectivity index (χ3v) is 2.99. The maximum Gasteiger partial charge on any atom is 0.179 e. The molecule has 3 nitrogen and oxygen atoms in total. The molecule has 0 aliphatic carbocycles. The zero-order valence-electron chi connectivity index (χ0n) is 10.8. The fraction of sp³-hybridized carbons (Fsp3) is 0.500. The van der Waals surface area contributed by atoms with Crippen LogP contribution in [0.5, 0.6) is 5.75 Å². The van der Waals surface area contributed by atoms with Crippen LogP contribution in [0, 0.1) is 5.92 Å². The summed E-state index contributed by atoms with van der Waals surface area (Å²) in [5, 5.41) is 0. The first-order chi connectivity index (χ1) is 8.10. The van der Waals surface area contributed by atoms with E-state index in [1.165, 1.54) is 0 Å². The minimum absolute atomic E-state index is 0.0131. The van der Waals surface area contributed by atoms with E-state index >= 15 is 0 Å². The van der Waals surface area contributed by atoms with Gasteiger partial charge < -0.3 is 10.5 Å². The Hall–Kier alpha value is -1.35. The Balaban J connectivity index is 2.84. The lowest BCUT2D eigenvalue weighted by atomic mass is 9.92. The fourth-order valence-corrected chi connectivity index (χ4v) is 1.61. The van der Waals surface area contributed by atoms with E-state index in [0.717, 1.165) is 12.2 Å². The van der Waals surface area contributed by atoms with Crippen molar-refractivity contribution in [2.75, 3.05) is 6.61 Å². The van der Waals surface area contributed by atoms with Crippen LogP contribution in [0.2, 0.25) is 0 Å². The van der Waals surface area contributed by atoms with Crippen LogP contribution >= 0.6 is 0 Å². The lowest BCUT2D eigenvalue weighted by Gasteiger charge is -2.17. The standard InChI is InChI=1S/C14H21NO2/c1-4-10(3)13(15)14(16)11-7-6-8-12(9-11)17-5-2/h6-10,13H,4-5,15H2,1-3H3. The van der Waals surface area contributed by atoms with E-state index in [1.54, 1.807) is 12.1 Å². The van der Waals surface area contributed by atoms with E-state index in [0.29, 0.717) is 12.2 Å². The predicted octanol–water partition coefficient (Wildman–Crippen LogP) is 2.64. The molecule has 1 rings (SSSR count). The van der Waals surface area contributed by atoms with Gasteiger partial charge in [0.15, 0.2) is 5.78 Å². The molecule has 0 radical (unpaired) electrons. The van der Waals surface area contributed by atoms with Gasteiger partial charge in [0.1, 0.15) is 5.75 Å². The van der Waals surface area contributed by atoms with Crippen molar-refractivity contribution in [2.24, 2.45) is 11.7 Å². The van der Waals surface area contributed by atoms with Gasteiger partial charge in [-0.15, -0.1) is 0 Å². The smallest absolute Gasteiger partial charge is 0.179 e. The van der Waals surface area contributed by atoms with Gasteiger partial charge in [0.2, 0.25) is 0 Å². The highest BCUT2D eigenvalue weighted by Crippen LogP contribution is 2.17. The van der Waals surface area contributed by atoms with Gasteiger partial charge in [-0.2, -0.15) is 0 Å². The lowest BCUT2D eigenvalue weighted by Crippen LogP contribution is -2.36. The van der Waals surface area contributed by atoms with Crippen LogP contribution in [0.25, 0.3) is 0 Å². The number of ketones is 1. The van der Waals surface area contributed by atoms with E-state index in [9.17, 15) is 4.79 Å². The first kappa shape index (κ1) is 13.7. The van der Waals surface area contributed by atoms with E-state index < -0.39 is 6.04 Å². The molecule has 94 valence electrons. The molecular formula is C14H21NO2. The van der Waals surface area contributed by atoms with Crippen molar-refractivity contribution in [1.29, 1.82) is 0 Å². The highest BCUT2D eigenvalue weighted by atomic mass is 16.5. The van der Waals surface area contributed by atoms with Gasteiger partial charge in [0.05, 0.1) is 12.6 Å². The highest BCUT2D eigenvalue weighted by molar-refractivity contribution is 6.00. The molecule has 1 aromatic carbocycles. The van der Waals surface area contributed by atoms with Crippen molar-refractivity contribution in [3.05, 3.63) is 29.8 Å². The number of ether oxygens (including phenoxy) is 1. The summed E-state index contributed by atoms with van der Waals surface area (Å²) in [4.78, 5) is 12.1. The Labute approximate surface area is 103 Å². The molecule has 0 fully saturated rings. The van der Waals surface area contributed by atoms with Crippen LogP contribution in [0.15, 0.2) is 24.3 Å². The number of rotatable bonds is 6. The van der Waals surface area contributed by atoms with Gasteiger partial charge in [0.25, 0.3) is 0 Å². The van der Waals surface area contributed by atoms with Crippen LogP contribution in [-0.2, 0) is 0 Å². The second-order valence-electron chi connectivity index (χ2n) is 4.24. The molecule has 0 aliphatic rings. The Morgan fingerprint density at radius 2 is 2.12 bits per heavy atom. The summed E-state index contributed by atoms with van der Waals surface area (Å²) in [7, 11) is 0. The summed E-state index contributed by atoms with van der Waals surface area (Å²) in [5.41, 5.74) is 6.57. The Morgan fingerprint density at radius 1 is 1.41 bits per heavy atom. The molecule has 0 aliphatic heterocycles. The molecule has 0 saturated carbocycles. The molecule has 0 spiro atoms. The van der Waals surface area contributed by atoms with E-state index in [-0.39, 0.29) is 11.7 Å². The third-order valence-electron chi connectivity index (χ3n) is 2.99. The minimum Gasteiger partial charge on any atom is -0.494 e. The number of hydrogen-bond acceptors (Lipinski definition) is 3. The van der Waals surface area contributed by atoms with Crippen molar-refractivity contribution in [3.8, 4) is 5.75 Å². The second-order valence-corrected chi connectivity index (χ2v) is 4.24. The fourth-order valence-electron chi connectivity index (χ4n) is 1.61. The predicted molar refractivity (Wildman–Crippen MR) is 69.4 cm³/mol. The normalized spacial score (nSPS) is 14.1. The van der Waals surface area contributed by atoms with Gasteiger partial charge in [-0.25, -0.2) is 0 Å². The third kappa shape index (κ3) is 3.56. The zero-order valence-corrected chi connectivity index (χ0v) is 10.8. The topological polar surface area (TPSA) is 52.3 Å². The van der Waals surface area contributed by atoms with Crippen molar-refractivity contribution in [2.45, 2.75) is 33.2 Å². The molecule has 3 heteroatoms. The molecule has 1 aromatic rings. The molecule has 2 N–H and O–H groups in total. The number of Topliss-reactive ketones (excluding diaryl/α,β-unsaturated/α-hetero) is 1. The maximum absolute atomic E-state index is 12.1. The van der Waals surface area contributed by atoms with Gasteiger partial charge in [-0.05, 0) is 25.0 Å². The van der Waals surface area contributed by atoms with Crippen molar-refractivity contribution >= 4 is 5.78 Å². The van der Waals surface area contributed by atoms with Crippen LogP contribution < -0.4 is 10.5 Å². The number of carbonyl (C=O) groups excluding carboxylic acids is 1. The SMILES string of the molecule is CCOc1cccc(C(=O)C(N)C(C)CC)c1. The number of benzene rings is 1. The van der Waals surface area contributed by atoms with Gasteiger partial charge in [-0.1, -0.05) is 32.4 Å². The van der Waals surface area contributed by atoms with Gasteiger partial charge >= 0.3 is 0 Å². The summed E-state index contributed by atoms with van der Waals surface area (Å²) >= 11 is 0. The Kier molecular flexibility index (Phi) is 5.16. The summed E-state index contributed by atoms with van der Waals surface area (Å²) in [5.74, 6) is 0.897. The molecule has 2 unspecified atom stereocenters. The first-order valence-corrected chi connectivity index (χ1v) is 6.12. The molecule has 0 heterocycles. The van der Waals surface area contributed by atoms with Crippen LogP contribution in [-0.4, -0.2) is 18.4 Å².